The number of aliphatic imine (C=N–C) groups is 2. The van der Waals surface area contributed by atoms with Crippen LogP contribution >= 0.6 is 11.8 Å². The molecule has 1 aromatic heterocycles. The molecule has 2 unspecified atom stereocenters. The van der Waals surface area contributed by atoms with E-state index in [9.17, 15) is 14.3 Å². The van der Waals surface area contributed by atoms with Gasteiger partial charge in [-0.25, -0.2) is 14.4 Å². The molecular weight excluding hydrogens is 419 g/mol. The fourth-order valence-electron chi connectivity index (χ4n) is 3.94. The maximum Gasteiger partial charge on any atom is 0.255 e. The van der Waals surface area contributed by atoms with Crippen molar-refractivity contribution in [3.63, 3.8) is 0 Å². The van der Waals surface area contributed by atoms with E-state index in [1.807, 2.05) is 0 Å². The Morgan fingerprint density at radius 3 is 2.71 bits per heavy atom. The molecule has 4 aliphatic rings. The molecule has 2 fully saturated rings. The number of amides is 1. The molecule has 31 heavy (non-hydrogen) atoms. The number of dihydropyridines is 1. The van der Waals surface area contributed by atoms with Crippen LogP contribution in [0.5, 0.6) is 0 Å². The molecule has 2 aliphatic carbocycles. The fraction of sp³-hybridized carbons (Fsp3) is 0.524. The SMILES string of the molecule is O=C(NC1CCC(O)CC1)c1cnc(NC2=NC3SC=NC3C=C2F)cc1NC1CC1. The largest absolute Gasteiger partial charge is 0.393 e. The zero-order valence-corrected chi connectivity index (χ0v) is 17.7. The zero-order chi connectivity index (χ0) is 21.4. The lowest BCUT2D eigenvalue weighted by Crippen LogP contribution is -2.39. The van der Waals surface area contributed by atoms with Gasteiger partial charge in [-0.05, 0) is 44.6 Å². The number of amidine groups is 1. The van der Waals surface area contributed by atoms with E-state index in [0.29, 0.717) is 36.0 Å². The van der Waals surface area contributed by atoms with Crippen LogP contribution in [0.4, 0.5) is 15.9 Å². The Bertz CT molecular complexity index is 955. The minimum absolute atomic E-state index is 0.0531. The number of aliphatic hydroxyl groups is 1. The van der Waals surface area contributed by atoms with E-state index in [1.54, 1.807) is 11.6 Å². The second-order valence-corrected chi connectivity index (χ2v) is 9.37. The third-order valence-corrected chi connectivity index (χ3v) is 6.80. The van der Waals surface area contributed by atoms with Crippen molar-refractivity contribution >= 4 is 40.6 Å². The summed E-state index contributed by atoms with van der Waals surface area (Å²) in [5.41, 5.74) is 2.83. The smallest absolute Gasteiger partial charge is 0.255 e. The molecule has 0 bridgehead atoms. The molecule has 10 heteroatoms. The molecule has 164 valence electrons. The maximum atomic E-state index is 14.4. The highest BCUT2D eigenvalue weighted by atomic mass is 32.2. The van der Waals surface area contributed by atoms with Gasteiger partial charge in [0.15, 0.2) is 11.7 Å². The number of anilines is 2. The van der Waals surface area contributed by atoms with Gasteiger partial charge in [-0.2, -0.15) is 0 Å². The normalized spacial score (nSPS) is 29.6. The van der Waals surface area contributed by atoms with E-state index in [-0.39, 0.29) is 35.3 Å². The second kappa shape index (κ2) is 8.58. The minimum atomic E-state index is -0.458. The van der Waals surface area contributed by atoms with Gasteiger partial charge in [0.1, 0.15) is 17.2 Å². The first-order valence-corrected chi connectivity index (χ1v) is 11.6. The molecule has 0 saturated heterocycles. The Hall–Kier alpha value is -2.46. The van der Waals surface area contributed by atoms with Crippen LogP contribution in [0.25, 0.3) is 0 Å². The van der Waals surface area contributed by atoms with Crippen molar-refractivity contribution in [2.75, 3.05) is 10.6 Å². The standard InChI is InChI=1S/C21H25FN6O2S/c22-15-7-17-21(31-10-24-17)28-19(15)27-18-8-16(25-11-1-2-11)14(9-23-18)20(30)26-12-3-5-13(29)6-4-12/h7-13,17,21,29H,1-6H2,(H,26,30)(H2,23,25,27,28). The van der Waals surface area contributed by atoms with Gasteiger partial charge in [0.05, 0.1) is 22.9 Å². The lowest BCUT2D eigenvalue weighted by molar-refractivity contribution is 0.0868. The lowest BCUT2D eigenvalue weighted by atomic mass is 9.93. The zero-order valence-electron chi connectivity index (χ0n) is 16.9. The number of aromatic nitrogens is 1. The molecular formula is C21H25FN6O2S. The number of carbonyl (C=O) groups excluding carboxylic acids is 1. The summed E-state index contributed by atoms with van der Waals surface area (Å²) >= 11 is 1.45. The summed E-state index contributed by atoms with van der Waals surface area (Å²) in [6.45, 7) is 0. The Balaban J connectivity index is 1.32. The predicted molar refractivity (Wildman–Crippen MR) is 121 cm³/mol. The molecule has 8 nitrogen and oxygen atoms in total. The van der Waals surface area contributed by atoms with Crippen molar-refractivity contribution in [2.45, 2.75) is 68.1 Å². The Kier molecular flexibility index (Phi) is 5.66. The summed E-state index contributed by atoms with van der Waals surface area (Å²) in [7, 11) is 0. The van der Waals surface area contributed by atoms with Gasteiger partial charge in [-0.15, -0.1) is 0 Å². The molecule has 5 rings (SSSR count). The van der Waals surface area contributed by atoms with Gasteiger partial charge in [0.2, 0.25) is 0 Å². The number of hydrogen-bond donors (Lipinski definition) is 4. The number of halogens is 1. The van der Waals surface area contributed by atoms with E-state index in [0.717, 1.165) is 25.7 Å². The van der Waals surface area contributed by atoms with Crippen molar-refractivity contribution in [2.24, 2.45) is 9.98 Å². The number of carbonyl (C=O) groups is 1. The van der Waals surface area contributed by atoms with Crippen LogP contribution in [0.3, 0.4) is 0 Å². The third-order valence-electron chi connectivity index (χ3n) is 5.89. The van der Waals surface area contributed by atoms with Crippen LogP contribution in [0.2, 0.25) is 0 Å². The highest BCUT2D eigenvalue weighted by Crippen LogP contribution is 2.31. The van der Waals surface area contributed by atoms with Crippen molar-refractivity contribution < 1.29 is 14.3 Å². The molecule has 3 heterocycles. The summed E-state index contributed by atoms with van der Waals surface area (Å²) in [5.74, 6) is -0.0973. The van der Waals surface area contributed by atoms with Gasteiger partial charge in [0, 0.05) is 24.3 Å². The van der Waals surface area contributed by atoms with Gasteiger partial charge in [-0.3, -0.25) is 9.79 Å². The monoisotopic (exact) mass is 444 g/mol. The first-order valence-electron chi connectivity index (χ1n) is 10.7. The van der Waals surface area contributed by atoms with Gasteiger partial charge >= 0.3 is 0 Å². The van der Waals surface area contributed by atoms with Crippen LogP contribution in [0.1, 0.15) is 48.9 Å². The molecule has 2 aliphatic heterocycles. The first-order chi connectivity index (χ1) is 15.0. The van der Waals surface area contributed by atoms with Gasteiger partial charge in [-0.1, -0.05) is 11.8 Å². The van der Waals surface area contributed by atoms with Crippen LogP contribution in [-0.2, 0) is 0 Å². The van der Waals surface area contributed by atoms with E-state index >= 15 is 0 Å². The van der Waals surface area contributed by atoms with Crippen LogP contribution in [0, 0.1) is 0 Å². The number of hydrogen-bond acceptors (Lipinski definition) is 8. The van der Waals surface area contributed by atoms with Gasteiger partial charge < -0.3 is 21.1 Å². The highest BCUT2D eigenvalue weighted by Gasteiger charge is 2.30. The van der Waals surface area contributed by atoms with Crippen molar-refractivity contribution in [1.82, 2.24) is 10.3 Å². The molecule has 4 N–H and O–H groups in total. The first kappa shape index (κ1) is 20.4. The topological polar surface area (TPSA) is 111 Å². The quantitative estimate of drug-likeness (QED) is 0.556. The highest BCUT2D eigenvalue weighted by molar-refractivity contribution is 8.12. The maximum absolute atomic E-state index is 14.4. The molecule has 2 atom stereocenters. The summed E-state index contributed by atoms with van der Waals surface area (Å²) in [6, 6.07) is 1.86. The van der Waals surface area contributed by atoms with Crippen molar-refractivity contribution in [3.8, 4) is 0 Å². The minimum Gasteiger partial charge on any atom is -0.393 e. The fourth-order valence-corrected chi connectivity index (χ4v) is 4.75. The Morgan fingerprint density at radius 2 is 1.94 bits per heavy atom. The average Bonchev–Trinajstić information content (AvgIpc) is 3.45. The molecule has 1 aromatic rings. The van der Waals surface area contributed by atoms with E-state index in [4.69, 9.17) is 0 Å². The van der Waals surface area contributed by atoms with E-state index < -0.39 is 5.83 Å². The number of nitrogens with zero attached hydrogens (tertiary/aromatic N) is 3. The molecule has 0 spiro atoms. The number of nitrogens with one attached hydrogen (secondary N) is 3. The summed E-state index contributed by atoms with van der Waals surface area (Å²) < 4.78 is 14.4. The predicted octanol–water partition coefficient (Wildman–Crippen LogP) is 2.84. The Labute approximate surface area is 183 Å². The third kappa shape index (κ3) is 4.74. The van der Waals surface area contributed by atoms with E-state index in [2.05, 4.69) is 30.9 Å². The van der Waals surface area contributed by atoms with Crippen molar-refractivity contribution in [1.29, 1.82) is 0 Å². The number of pyridine rings is 1. The molecule has 0 aromatic carbocycles. The van der Waals surface area contributed by atoms with Crippen LogP contribution < -0.4 is 16.0 Å². The number of fused-ring (bicyclic) bond motifs is 1. The Morgan fingerprint density at radius 1 is 1.16 bits per heavy atom. The number of rotatable bonds is 5. The molecule has 0 radical (unpaired) electrons. The van der Waals surface area contributed by atoms with Crippen LogP contribution in [0.15, 0.2) is 34.2 Å². The van der Waals surface area contributed by atoms with Crippen molar-refractivity contribution in [3.05, 3.63) is 29.7 Å². The summed E-state index contributed by atoms with van der Waals surface area (Å²) in [6.07, 6.45) is 7.74. The average molecular weight is 445 g/mol. The summed E-state index contributed by atoms with van der Waals surface area (Å²) in [5, 5.41) is 18.9. The lowest BCUT2D eigenvalue weighted by Gasteiger charge is -2.26. The molecule has 2 saturated carbocycles. The second-order valence-electron chi connectivity index (χ2n) is 8.40. The molecule has 1 amide bonds. The van der Waals surface area contributed by atoms with Crippen LogP contribution in [-0.4, -0.2) is 57.0 Å². The van der Waals surface area contributed by atoms with E-state index in [1.165, 1.54) is 24.0 Å². The summed E-state index contributed by atoms with van der Waals surface area (Å²) in [4.78, 5) is 25.8. The number of thioether (sulfide) groups is 1. The number of aliphatic hydroxyl groups excluding tert-OH is 1. The van der Waals surface area contributed by atoms with Gasteiger partial charge in [0.25, 0.3) is 5.91 Å².